The zero-order valence-corrected chi connectivity index (χ0v) is 20.9. The molecule has 3 nitrogen and oxygen atoms in total. The first-order valence-electron chi connectivity index (χ1n) is 13.2. The van der Waals surface area contributed by atoms with Gasteiger partial charge in [-0.3, -0.25) is 4.57 Å². The summed E-state index contributed by atoms with van der Waals surface area (Å²) in [6, 6.07) is 39.0. The van der Waals surface area contributed by atoms with Crippen molar-refractivity contribution in [2.75, 3.05) is 0 Å². The molecule has 0 radical (unpaired) electrons. The first kappa shape index (κ1) is 21.2. The van der Waals surface area contributed by atoms with Crippen molar-refractivity contribution in [3.05, 3.63) is 133 Å². The van der Waals surface area contributed by atoms with Crippen LogP contribution in [-0.4, -0.2) is 14.1 Å². The van der Waals surface area contributed by atoms with Crippen LogP contribution in [0, 0.1) is 0 Å². The van der Waals surface area contributed by atoms with Crippen LogP contribution >= 0.6 is 0 Å². The van der Waals surface area contributed by atoms with Crippen molar-refractivity contribution >= 4 is 49.2 Å². The van der Waals surface area contributed by atoms with Crippen LogP contribution in [0.2, 0.25) is 0 Å². The van der Waals surface area contributed by atoms with Crippen molar-refractivity contribution in [1.29, 1.82) is 0 Å². The van der Waals surface area contributed by atoms with E-state index in [0.29, 0.717) is 0 Å². The molecule has 0 unspecified atom stereocenters. The SMILES string of the molecule is C1=CC(c2cccc(-n3c4ccccc4c4c5c6ccccc6n(-c6ccccc6)c5ccc43)n2)=CCC1. The molecule has 0 aliphatic heterocycles. The quantitative estimate of drug-likeness (QED) is 0.244. The van der Waals surface area contributed by atoms with E-state index < -0.39 is 0 Å². The number of rotatable bonds is 3. The number of fused-ring (bicyclic) bond motifs is 7. The van der Waals surface area contributed by atoms with Crippen molar-refractivity contribution in [3.8, 4) is 11.5 Å². The Kier molecular flexibility index (Phi) is 4.65. The summed E-state index contributed by atoms with van der Waals surface area (Å²) in [5, 5.41) is 5.06. The van der Waals surface area contributed by atoms with Gasteiger partial charge < -0.3 is 4.57 Å². The summed E-state index contributed by atoms with van der Waals surface area (Å²) in [6.45, 7) is 0. The maximum absolute atomic E-state index is 5.17. The van der Waals surface area contributed by atoms with Gasteiger partial charge in [-0.2, -0.15) is 0 Å². The van der Waals surface area contributed by atoms with E-state index in [9.17, 15) is 0 Å². The molecule has 0 N–H and O–H groups in total. The smallest absolute Gasteiger partial charge is 0.138 e. The summed E-state index contributed by atoms with van der Waals surface area (Å²) < 4.78 is 4.71. The molecule has 0 saturated carbocycles. The third-order valence-electron chi connectivity index (χ3n) is 7.74. The lowest BCUT2D eigenvalue weighted by Crippen LogP contribution is -2.00. The van der Waals surface area contributed by atoms with Crippen LogP contribution in [0.4, 0.5) is 0 Å². The standard InChI is InChI=1S/C35H25N3/c1-3-12-24(13-4-1)28-18-11-21-33(36-28)38-30-20-10-8-17-27(30)35-32(38)23-22-31-34(35)26-16-7-9-19-29(26)37(31)25-14-5-2-6-15-25/h2-3,5-23H,1,4H2. The molecule has 1 aliphatic rings. The maximum Gasteiger partial charge on any atom is 0.138 e. The topological polar surface area (TPSA) is 22.8 Å². The molecular formula is C35H25N3. The molecule has 0 spiro atoms. The van der Waals surface area contributed by atoms with Gasteiger partial charge in [-0.15, -0.1) is 0 Å². The van der Waals surface area contributed by atoms with Gasteiger partial charge in [-0.25, -0.2) is 4.98 Å². The predicted molar refractivity (Wildman–Crippen MR) is 159 cm³/mol. The second kappa shape index (κ2) is 8.32. The number of allylic oxidation sites excluding steroid dienone is 4. The molecule has 8 rings (SSSR count). The average Bonchev–Trinajstić information content (AvgIpc) is 3.51. The number of nitrogens with zero attached hydrogens (tertiary/aromatic N) is 3. The van der Waals surface area contributed by atoms with Crippen molar-refractivity contribution < 1.29 is 0 Å². The minimum absolute atomic E-state index is 0.944. The number of hydrogen-bond acceptors (Lipinski definition) is 1. The molecule has 7 aromatic rings. The van der Waals surface area contributed by atoms with Crippen molar-refractivity contribution in [1.82, 2.24) is 14.1 Å². The van der Waals surface area contributed by atoms with Gasteiger partial charge >= 0.3 is 0 Å². The lowest BCUT2D eigenvalue weighted by molar-refractivity contribution is 1.03. The minimum Gasteiger partial charge on any atom is -0.309 e. The van der Waals surface area contributed by atoms with E-state index in [1.165, 1.54) is 54.9 Å². The van der Waals surface area contributed by atoms with Crippen molar-refractivity contribution in [2.24, 2.45) is 0 Å². The van der Waals surface area contributed by atoms with Gasteiger partial charge in [0.15, 0.2) is 0 Å². The number of benzene rings is 4. The highest BCUT2D eigenvalue weighted by atomic mass is 15.1. The van der Waals surface area contributed by atoms with Crippen LogP contribution in [0.3, 0.4) is 0 Å². The zero-order chi connectivity index (χ0) is 25.1. The van der Waals surface area contributed by atoms with E-state index in [0.717, 1.165) is 24.4 Å². The van der Waals surface area contributed by atoms with Gasteiger partial charge in [-0.1, -0.05) is 78.9 Å². The Balaban J connectivity index is 1.49. The summed E-state index contributed by atoms with van der Waals surface area (Å²) in [5.41, 5.74) is 8.17. The largest absolute Gasteiger partial charge is 0.309 e. The Morgan fingerprint density at radius 2 is 1.18 bits per heavy atom. The molecule has 180 valence electrons. The zero-order valence-electron chi connectivity index (χ0n) is 20.9. The second-order valence-electron chi connectivity index (χ2n) is 9.91. The number of aromatic nitrogens is 3. The molecule has 0 saturated heterocycles. The van der Waals surface area contributed by atoms with Crippen LogP contribution in [0.5, 0.6) is 0 Å². The number of para-hydroxylation sites is 3. The first-order valence-corrected chi connectivity index (χ1v) is 13.2. The Bertz CT molecular complexity index is 2070. The molecule has 1 aliphatic carbocycles. The highest BCUT2D eigenvalue weighted by Crippen LogP contribution is 2.42. The van der Waals surface area contributed by atoms with E-state index in [1.54, 1.807) is 0 Å². The predicted octanol–water partition coefficient (Wildman–Crippen LogP) is 9.01. The van der Waals surface area contributed by atoms with Crippen LogP contribution in [-0.2, 0) is 0 Å². The fourth-order valence-electron chi connectivity index (χ4n) is 6.13. The molecule has 0 bridgehead atoms. The highest BCUT2D eigenvalue weighted by molar-refractivity contribution is 6.28. The number of pyridine rings is 1. The van der Waals surface area contributed by atoms with Crippen LogP contribution < -0.4 is 0 Å². The molecule has 3 heterocycles. The summed E-state index contributed by atoms with van der Waals surface area (Å²) in [7, 11) is 0. The Morgan fingerprint density at radius 3 is 1.89 bits per heavy atom. The molecule has 4 aromatic carbocycles. The highest BCUT2D eigenvalue weighted by Gasteiger charge is 2.20. The average molecular weight is 488 g/mol. The Labute approximate surface area is 220 Å². The third kappa shape index (κ3) is 3.05. The van der Waals surface area contributed by atoms with Crippen LogP contribution in [0.15, 0.2) is 127 Å². The Hall–Kier alpha value is -4.89. The van der Waals surface area contributed by atoms with E-state index in [2.05, 4.69) is 137 Å². The van der Waals surface area contributed by atoms with E-state index in [4.69, 9.17) is 4.98 Å². The second-order valence-corrected chi connectivity index (χ2v) is 9.91. The molecule has 38 heavy (non-hydrogen) atoms. The Morgan fingerprint density at radius 1 is 0.526 bits per heavy atom. The summed E-state index contributed by atoms with van der Waals surface area (Å²) >= 11 is 0. The van der Waals surface area contributed by atoms with Gasteiger partial charge in [0.05, 0.1) is 27.8 Å². The molecule has 0 fully saturated rings. The van der Waals surface area contributed by atoms with Gasteiger partial charge in [0.2, 0.25) is 0 Å². The first-order chi connectivity index (χ1) is 18.9. The minimum atomic E-state index is 0.944. The van der Waals surface area contributed by atoms with Gasteiger partial charge in [-0.05, 0) is 66.9 Å². The lowest BCUT2D eigenvalue weighted by Gasteiger charge is -2.11. The van der Waals surface area contributed by atoms with E-state index in [-0.39, 0.29) is 0 Å². The molecule has 0 amide bonds. The van der Waals surface area contributed by atoms with Crippen molar-refractivity contribution in [3.63, 3.8) is 0 Å². The number of hydrogen-bond donors (Lipinski definition) is 0. The maximum atomic E-state index is 5.17. The summed E-state index contributed by atoms with van der Waals surface area (Å²) in [4.78, 5) is 5.17. The fraction of sp³-hybridized carbons (Fsp3) is 0.0571. The van der Waals surface area contributed by atoms with Gasteiger partial charge in [0.25, 0.3) is 0 Å². The molecule has 3 heteroatoms. The molecule has 3 aromatic heterocycles. The molecule has 0 atom stereocenters. The fourth-order valence-corrected chi connectivity index (χ4v) is 6.13. The lowest BCUT2D eigenvalue weighted by atomic mass is 10.0. The van der Waals surface area contributed by atoms with Gasteiger partial charge in [0.1, 0.15) is 5.82 Å². The third-order valence-corrected chi connectivity index (χ3v) is 7.74. The van der Waals surface area contributed by atoms with Crippen LogP contribution in [0.1, 0.15) is 18.5 Å². The van der Waals surface area contributed by atoms with E-state index >= 15 is 0 Å². The van der Waals surface area contributed by atoms with E-state index in [1.807, 2.05) is 0 Å². The molecular weight excluding hydrogens is 462 g/mol. The van der Waals surface area contributed by atoms with Crippen LogP contribution in [0.25, 0.3) is 60.7 Å². The summed E-state index contributed by atoms with van der Waals surface area (Å²) in [6.07, 6.45) is 8.89. The monoisotopic (exact) mass is 487 g/mol. The van der Waals surface area contributed by atoms with Gasteiger partial charge in [0, 0.05) is 27.2 Å². The summed E-state index contributed by atoms with van der Waals surface area (Å²) in [5.74, 6) is 0.944. The normalized spacial score (nSPS) is 13.6. The van der Waals surface area contributed by atoms with Crippen molar-refractivity contribution in [2.45, 2.75) is 12.8 Å².